The van der Waals surface area contributed by atoms with Crippen LogP contribution in [0.3, 0.4) is 0 Å². The van der Waals surface area contributed by atoms with Crippen molar-refractivity contribution in [2.75, 3.05) is 11.9 Å². The summed E-state index contributed by atoms with van der Waals surface area (Å²) in [6.07, 6.45) is 4.03. The van der Waals surface area contributed by atoms with Crippen LogP contribution in [0.1, 0.15) is 70.3 Å². The van der Waals surface area contributed by atoms with Crippen LogP contribution in [0, 0.1) is 5.92 Å². The SMILES string of the molecule is CC1(S(=O)(=O)NC(=O)[C@@]23C[C@@H]2/C=C\CCCCC[C@H](Nc2cccc(C(F)(F)F)c2)C(=O)N2C[C@H](Oc4nccc5ccccc45)C[C@H]2C(=O)N3)CC1. The van der Waals surface area contributed by atoms with Gasteiger partial charge >= 0.3 is 6.18 Å². The minimum Gasteiger partial charge on any atom is -0.472 e. The quantitative estimate of drug-likeness (QED) is 0.269. The van der Waals surface area contributed by atoms with Gasteiger partial charge in [-0.15, -0.1) is 0 Å². The van der Waals surface area contributed by atoms with Crippen molar-refractivity contribution in [3.63, 3.8) is 0 Å². The zero-order chi connectivity index (χ0) is 37.6. The van der Waals surface area contributed by atoms with Gasteiger partial charge in [-0.25, -0.2) is 13.4 Å². The first-order chi connectivity index (χ1) is 25.2. The van der Waals surface area contributed by atoms with Crippen LogP contribution in [-0.2, 0) is 30.6 Å². The number of nitrogens with zero attached hydrogens (tertiary/aromatic N) is 2. The van der Waals surface area contributed by atoms with E-state index in [1.807, 2.05) is 42.5 Å². The van der Waals surface area contributed by atoms with Crippen molar-refractivity contribution in [2.45, 2.75) is 99.4 Å². The zero-order valence-electron chi connectivity index (χ0n) is 29.2. The molecule has 2 aliphatic carbocycles. The first-order valence-corrected chi connectivity index (χ1v) is 19.5. The van der Waals surface area contributed by atoms with Crippen LogP contribution >= 0.6 is 0 Å². The van der Waals surface area contributed by atoms with Crippen molar-refractivity contribution in [3.8, 4) is 5.88 Å². The number of carbonyl (C=O) groups excluding carboxylic acids is 3. The summed E-state index contributed by atoms with van der Waals surface area (Å²) in [5, 5.41) is 7.47. The lowest BCUT2D eigenvalue weighted by Crippen LogP contribution is -2.58. The van der Waals surface area contributed by atoms with Crippen LogP contribution in [0.15, 0.2) is 72.9 Å². The van der Waals surface area contributed by atoms with E-state index in [1.165, 1.54) is 17.0 Å². The smallest absolute Gasteiger partial charge is 0.416 e. The molecule has 5 atom stereocenters. The second-order valence-corrected chi connectivity index (χ2v) is 17.0. The third-order valence-corrected chi connectivity index (χ3v) is 13.1. The van der Waals surface area contributed by atoms with Crippen molar-refractivity contribution in [3.05, 3.63) is 78.5 Å². The molecule has 2 saturated carbocycles. The Labute approximate surface area is 305 Å². The summed E-state index contributed by atoms with van der Waals surface area (Å²) >= 11 is 0. The molecule has 2 aliphatic heterocycles. The van der Waals surface area contributed by atoms with Gasteiger partial charge in [0.05, 0.1) is 16.9 Å². The summed E-state index contributed by atoms with van der Waals surface area (Å²) in [4.78, 5) is 48.4. The first kappa shape index (κ1) is 36.7. The number of carbonyl (C=O) groups is 3. The predicted octanol–water partition coefficient (Wildman–Crippen LogP) is 5.48. The van der Waals surface area contributed by atoms with E-state index in [4.69, 9.17) is 4.74 Å². The van der Waals surface area contributed by atoms with Crippen LogP contribution in [-0.4, -0.2) is 71.0 Å². The number of alkyl halides is 3. The molecule has 0 bridgehead atoms. The van der Waals surface area contributed by atoms with Crippen molar-refractivity contribution in [1.82, 2.24) is 19.9 Å². The van der Waals surface area contributed by atoms with E-state index in [1.54, 1.807) is 13.1 Å². The van der Waals surface area contributed by atoms with Gasteiger partial charge < -0.3 is 20.3 Å². The highest BCUT2D eigenvalue weighted by atomic mass is 32.2. The summed E-state index contributed by atoms with van der Waals surface area (Å²) in [6.45, 7) is 1.52. The Morgan fingerprint density at radius 1 is 1.06 bits per heavy atom. The number of hydrogen-bond acceptors (Lipinski definition) is 8. The number of sulfonamides is 1. The van der Waals surface area contributed by atoms with Gasteiger partial charge in [0, 0.05) is 29.6 Å². The second-order valence-electron chi connectivity index (χ2n) is 14.8. The number of nitrogens with one attached hydrogen (secondary N) is 3. The molecule has 2 aromatic carbocycles. The molecular formula is C38H42F3N5O6S. The minimum atomic E-state index is -4.59. The molecule has 3 N–H and O–H groups in total. The number of pyridine rings is 1. The molecule has 3 heterocycles. The van der Waals surface area contributed by atoms with Gasteiger partial charge in [-0.3, -0.25) is 19.1 Å². The molecule has 1 saturated heterocycles. The highest BCUT2D eigenvalue weighted by Crippen LogP contribution is 2.47. The minimum absolute atomic E-state index is 0.0212. The standard InChI is InChI=1S/C38H42F3N5O6S/c1-36(17-18-36)53(50,51)45-35(49)37-22-26(37)11-5-3-2-4-6-15-30(43-27-13-9-12-25(20-27)38(39,40)41)34(48)46-23-28(21-31(46)32(47)44-37)52-33-29-14-8-7-10-24(29)16-19-42-33/h5,7-14,16,19-20,26,28,30-31,43H,2-4,6,15,17-18,21-23H2,1H3,(H,44,47)(H,45,49)/b11-5-/t26-,28+,30-,31-,37+/m0/s1. The fourth-order valence-electron chi connectivity index (χ4n) is 7.28. The van der Waals surface area contributed by atoms with Gasteiger partial charge in [0.1, 0.15) is 23.7 Å². The average molecular weight is 754 g/mol. The van der Waals surface area contributed by atoms with Gasteiger partial charge in [0.2, 0.25) is 27.7 Å². The Hall–Kier alpha value is -4.66. The molecule has 0 radical (unpaired) electrons. The first-order valence-electron chi connectivity index (χ1n) is 18.0. The molecule has 53 heavy (non-hydrogen) atoms. The van der Waals surface area contributed by atoms with E-state index in [9.17, 15) is 36.0 Å². The van der Waals surface area contributed by atoms with Gasteiger partial charge in [-0.1, -0.05) is 49.3 Å². The Bertz CT molecular complexity index is 2050. The molecule has 15 heteroatoms. The van der Waals surface area contributed by atoms with Crippen LogP contribution in [0.5, 0.6) is 5.88 Å². The molecule has 0 unspecified atom stereocenters. The predicted molar refractivity (Wildman–Crippen MR) is 191 cm³/mol. The lowest BCUT2D eigenvalue weighted by Gasteiger charge is -2.30. The molecule has 7 rings (SSSR count). The van der Waals surface area contributed by atoms with Gasteiger partial charge in [-0.05, 0) is 81.2 Å². The number of halogens is 3. The molecule has 282 valence electrons. The molecule has 11 nitrogen and oxygen atoms in total. The van der Waals surface area contributed by atoms with Crippen molar-refractivity contribution in [2.24, 2.45) is 5.92 Å². The van der Waals surface area contributed by atoms with Crippen LogP contribution in [0.25, 0.3) is 10.8 Å². The van der Waals surface area contributed by atoms with Gasteiger partial charge in [0.15, 0.2) is 0 Å². The van der Waals surface area contributed by atoms with E-state index in [0.29, 0.717) is 38.0 Å². The number of aromatic nitrogens is 1. The average Bonchev–Trinajstić information content (AvgIpc) is 4.00. The summed E-state index contributed by atoms with van der Waals surface area (Å²) in [6, 6.07) is 11.8. The van der Waals surface area contributed by atoms with E-state index >= 15 is 0 Å². The third kappa shape index (κ3) is 7.58. The fourth-order valence-corrected chi connectivity index (χ4v) is 8.59. The topological polar surface area (TPSA) is 147 Å². The fraction of sp³-hybridized carbons (Fsp3) is 0.474. The molecular weight excluding hydrogens is 712 g/mol. The summed E-state index contributed by atoms with van der Waals surface area (Å²) < 4.78 is 74.6. The molecule has 3 amide bonds. The number of rotatable bonds is 7. The van der Waals surface area contributed by atoms with Crippen molar-refractivity contribution < 1.29 is 40.7 Å². The maximum Gasteiger partial charge on any atom is 0.416 e. The van der Waals surface area contributed by atoms with E-state index in [2.05, 4.69) is 20.3 Å². The second kappa shape index (κ2) is 14.0. The van der Waals surface area contributed by atoms with Crippen LogP contribution in [0.2, 0.25) is 0 Å². The summed E-state index contributed by atoms with van der Waals surface area (Å²) in [5.41, 5.74) is -2.31. The summed E-state index contributed by atoms with van der Waals surface area (Å²) in [7, 11) is -4.01. The monoisotopic (exact) mass is 753 g/mol. The highest BCUT2D eigenvalue weighted by Gasteiger charge is 2.63. The van der Waals surface area contributed by atoms with Crippen LogP contribution < -0.4 is 20.1 Å². The number of amides is 3. The number of benzene rings is 2. The van der Waals surface area contributed by atoms with Gasteiger partial charge in [0.25, 0.3) is 5.91 Å². The van der Waals surface area contributed by atoms with Crippen LogP contribution in [0.4, 0.5) is 18.9 Å². The van der Waals surface area contributed by atoms with Gasteiger partial charge in [-0.2, -0.15) is 13.2 Å². The number of fused-ring (bicyclic) bond motifs is 3. The number of anilines is 1. The number of ether oxygens (including phenoxy) is 1. The van der Waals surface area contributed by atoms with E-state index in [0.717, 1.165) is 29.3 Å². The van der Waals surface area contributed by atoms with Crippen molar-refractivity contribution in [1.29, 1.82) is 0 Å². The third-order valence-electron chi connectivity index (χ3n) is 10.9. The summed E-state index contributed by atoms with van der Waals surface area (Å²) in [5.74, 6) is -2.16. The van der Waals surface area contributed by atoms with E-state index < -0.39 is 73.9 Å². The zero-order valence-corrected chi connectivity index (χ0v) is 30.0. The largest absolute Gasteiger partial charge is 0.472 e. The van der Waals surface area contributed by atoms with E-state index in [-0.39, 0.29) is 31.5 Å². The number of allylic oxidation sites excluding steroid dienone is 1. The maximum atomic E-state index is 14.5. The molecule has 0 spiro atoms. The molecule has 4 aliphatic rings. The maximum absolute atomic E-state index is 14.5. The normalized spacial score (nSPS) is 28.0. The van der Waals surface area contributed by atoms with Crippen molar-refractivity contribution >= 4 is 44.2 Å². The highest BCUT2D eigenvalue weighted by molar-refractivity contribution is 7.91. The molecule has 1 aromatic heterocycles. The Morgan fingerprint density at radius 2 is 1.85 bits per heavy atom. The lowest BCUT2D eigenvalue weighted by atomic mass is 10.0. The molecule has 3 aromatic rings. The Morgan fingerprint density at radius 3 is 2.62 bits per heavy atom. The molecule has 3 fully saturated rings. The lowest BCUT2D eigenvalue weighted by molar-refractivity contribution is -0.140. The Balaban J connectivity index is 1.21. The Kier molecular flexibility index (Phi) is 9.66. The number of hydrogen-bond donors (Lipinski definition) is 3.